The van der Waals surface area contributed by atoms with Crippen molar-refractivity contribution in [1.29, 1.82) is 0 Å². The molecule has 0 aromatic heterocycles. The van der Waals surface area contributed by atoms with Crippen LogP contribution in [0.3, 0.4) is 0 Å². The largest absolute Gasteiger partial charge is 0.444 e. The van der Waals surface area contributed by atoms with Crippen molar-refractivity contribution in [1.82, 2.24) is 5.32 Å². The van der Waals surface area contributed by atoms with Crippen LogP contribution in [0.5, 0.6) is 5.75 Å². The molecule has 9 heteroatoms. The molecule has 0 fully saturated rings. The van der Waals surface area contributed by atoms with Crippen molar-refractivity contribution in [2.75, 3.05) is 12.0 Å². The van der Waals surface area contributed by atoms with Crippen molar-refractivity contribution in [2.45, 2.75) is 38.8 Å². The summed E-state index contributed by atoms with van der Waals surface area (Å²) >= 11 is 19.3. The Morgan fingerprint density at radius 3 is 2.32 bits per heavy atom. The van der Waals surface area contributed by atoms with Gasteiger partial charge in [-0.2, -0.15) is 11.8 Å². The summed E-state index contributed by atoms with van der Waals surface area (Å²) in [6, 6.07) is 1.85. The van der Waals surface area contributed by atoms with Crippen LogP contribution in [0.1, 0.15) is 27.2 Å². The Bertz CT molecular complexity index is 635. The summed E-state index contributed by atoms with van der Waals surface area (Å²) in [7, 11) is 0. The van der Waals surface area contributed by atoms with E-state index in [1.54, 1.807) is 20.8 Å². The van der Waals surface area contributed by atoms with Gasteiger partial charge in [0.05, 0.1) is 15.1 Å². The van der Waals surface area contributed by atoms with E-state index in [2.05, 4.69) is 5.32 Å². The van der Waals surface area contributed by atoms with Crippen molar-refractivity contribution in [3.63, 3.8) is 0 Å². The normalized spacial score (nSPS) is 12.4. The smallest absolute Gasteiger partial charge is 0.408 e. The highest BCUT2D eigenvalue weighted by atomic mass is 35.5. The first-order valence-corrected chi connectivity index (χ1v) is 9.91. The number of esters is 1. The zero-order valence-electron chi connectivity index (χ0n) is 14.3. The van der Waals surface area contributed by atoms with E-state index in [4.69, 9.17) is 44.3 Å². The Morgan fingerprint density at radius 2 is 1.76 bits per heavy atom. The fraction of sp³-hybridized carbons (Fsp3) is 0.500. The van der Waals surface area contributed by atoms with Crippen LogP contribution in [-0.2, 0) is 9.53 Å². The van der Waals surface area contributed by atoms with Crippen LogP contribution >= 0.6 is 46.6 Å². The van der Waals surface area contributed by atoms with Gasteiger partial charge in [0.2, 0.25) is 0 Å². The number of hydrogen-bond donors (Lipinski definition) is 1. The van der Waals surface area contributed by atoms with E-state index in [9.17, 15) is 9.59 Å². The van der Waals surface area contributed by atoms with Crippen LogP contribution in [0.25, 0.3) is 0 Å². The Labute approximate surface area is 166 Å². The fourth-order valence-corrected chi connectivity index (χ4v) is 2.74. The van der Waals surface area contributed by atoms with Crippen molar-refractivity contribution >= 4 is 58.6 Å². The number of halogens is 3. The molecule has 0 aliphatic heterocycles. The quantitative estimate of drug-likeness (QED) is 0.383. The molecular formula is C16H20Cl3NO4S. The van der Waals surface area contributed by atoms with E-state index in [0.29, 0.717) is 12.2 Å². The molecule has 1 amide bonds. The van der Waals surface area contributed by atoms with Gasteiger partial charge in [0.25, 0.3) is 0 Å². The predicted molar refractivity (Wildman–Crippen MR) is 103 cm³/mol. The van der Waals surface area contributed by atoms with Gasteiger partial charge in [-0.25, -0.2) is 9.59 Å². The summed E-state index contributed by atoms with van der Waals surface area (Å²) in [5.74, 6) is 0.0476. The molecule has 0 heterocycles. The maximum Gasteiger partial charge on any atom is 0.408 e. The molecule has 0 radical (unpaired) electrons. The van der Waals surface area contributed by atoms with Crippen molar-refractivity contribution < 1.29 is 19.1 Å². The third-order valence-electron chi connectivity index (χ3n) is 2.77. The van der Waals surface area contributed by atoms with Crippen molar-refractivity contribution in [2.24, 2.45) is 0 Å². The standard InChI is InChI=1S/C16H20Cl3NO4S/c1-16(2,3)24-15(22)20-12(5-6-25-4)14(21)23-13-8-10(18)9(17)7-11(13)19/h7-8,12H,5-6H2,1-4H3,(H,20,22)/t12-/m0/s1. The lowest BCUT2D eigenvalue weighted by Gasteiger charge is -2.23. The van der Waals surface area contributed by atoms with E-state index in [1.165, 1.54) is 23.9 Å². The minimum absolute atomic E-state index is 0.0706. The van der Waals surface area contributed by atoms with E-state index in [-0.39, 0.29) is 20.8 Å². The number of benzene rings is 1. The summed E-state index contributed by atoms with van der Waals surface area (Å²) in [6.45, 7) is 5.20. The molecule has 0 saturated carbocycles. The highest BCUT2D eigenvalue weighted by Gasteiger charge is 2.26. The van der Waals surface area contributed by atoms with Gasteiger partial charge in [-0.15, -0.1) is 0 Å². The SMILES string of the molecule is CSCC[C@H](NC(=O)OC(C)(C)C)C(=O)Oc1cc(Cl)c(Cl)cc1Cl. The molecule has 1 aromatic carbocycles. The Morgan fingerprint density at radius 1 is 1.16 bits per heavy atom. The van der Waals surface area contributed by atoms with Crippen LogP contribution in [-0.4, -0.2) is 35.7 Å². The molecule has 5 nitrogen and oxygen atoms in total. The average Bonchev–Trinajstić information content (AvgIpc) is 2.47. The van der Waals surface area contributed by atoms with Gasteiger partial charge >= 0.3 is 12.1 Å². The monoisotopic (exact) mass is 427 g/mol. The molecular weight excluding hydrogens is 409 g/mol. The van der Waals surface area contributed by atoms with Gasteiger partial charge in [0, 0.05) is 6.07 Å². The molecule has 0 aliphatic carbocycles. The van der Waals surface area contributed by atoms with Crippen LogP contribution in [0.15, 0.2) is 12.1 Å². The number of amides is 1. The Hall–Kier alpha value is -0.820. The first-order chi connectivity index (χ1) is 11.5. The average molecular weight is 429 g/mol. The number of hydrogen-bond acceptors (Lipinski definition) is 5. The lowest BCUT2D eigenvalue weighted by molar-refractivity contribution is -0.136. The van der Waals surface area contributed by atoms with E-state index >= 15 is 0 Å². The first-order valence-electron chi connectivity index (χ1n) is 7.38. The summed E-state index contributed by atoms with van der Waals surface area (Å²) in [5, 5.41) is 3.12. The van der Waals surface area contributed by atoms with Gasteiger partial charge in [0.1, 0.15) is 11.6 Å². The van der Waals surface area contributed by atoms with Crippen LogP contribution < -0.4 is 10.1 Å². The molecule has 0 unspecified atom stereocenters. The molecule has 1 aromatic rings. The number of carbonyl (C=O) groups excluding carboxylic acids is 2. The number of nitrogens with one attached hydrogen (secondary N) is 1. The maximum atomic E-state index is 12.4. The molecule has 1 rings (SSSR count). The summed E-state index contributed by atoms with van der Waals surface area (Å²) in [4.78, 5) is 24.4. The number of ether oxygens (including phenoxy) is 2. The van der Waals surface area contributed by atoms with Gasteiger partial charge in [0.15, 0.2) is 5.75 Å². The third kappa shape index (κ3) is 7.94. The number of carbonyl (C=O) groups is 2. The second kappa shape index (κ2) is 9.76. The van der Waals surface area contributed by atoms with E-state index in [1.807, 2.05) is 6.26 Å². The van der Waals surface area contributed by atoms with Crippen molar-refractivity contribution in [3.05, 3.63) is 27.2 Å². The predicted octanol–water partition coefficient (Wildman–Crippen LogP) is 5.20. The lowest BCUT2D eigenvalue weighted by Crippen LogP contribution is -2.45. The van der Waals surface area contributed by atoms with Gasteiger partial charge < -0.3 is 14.8 Å². The first kappa shape index (κ1) is 22.2. The highest BCUT2D eigenvalue weighted by molar-refractivity contribution is 7.98. The third-order valence-corrected chi connectivity index (χ3v) is 4.43. The lowest BCUT2D eigenvalue weighted by atomic mass is 10.2. The molecule has 1 atom stereocenters. The van der Waals surface area contributed by atoms with E-state index in [0.717, 1.165) is 0 Å². The molecule has 0 aliphatic rings. The van der Waals surface area contributed by atoms with Crippen LogP contribution in [0.4, 0.5) is 4.79 Å². The molecule has 1 N–H and O–H groups in total. The fourth-order valence-electron chi connectivity index (χ4n) is 1.70. The topological polar surface area (TPSA) is 64.6 Å². The van der Waals surface area contributed by atoms with E-state index < -0.39 is 23.7 Å². The molecule has 25 heavy (non-hydrogen) atoms. The number of rotatable bonds is 6. The molecule has 0 spiro atoms. The van der Waals surface area contributed by atoms with Gasteiger partial charge in [-0.3, -0.25) is 0 Å². The Kier molecular flexibility index (Phi) is 8.68. The molecule has 140 valence electrons. The highest BCUT2D eigenvalue weighted by Crippen LogP contribution is 2.34. The summed E-state index contributed by atoms with van der Waals surface area (Å²) < 4.78 is 10.5. The number of alkyl carbamates (subject to hydrolysis) is 1. The zero-order valence-corrected chi connectivity index (χ0v) is 17.4. The van der Waals surface area contributed by atoms with Crippen LogP contribution in [0, 0.1) is 0 Å². The van der Waals surface area contributed by atoms with Crippen LogP contribution in [0.2, 0.25) is 15.1 Å². The maximum absolute atomic E-state index is 12.4. The zero-order chi connectivity index (χ0) is 19.2. The molecule has 0 bridgehead atoms. The summed E-state index contributed by atoms with van der Waals surface area (Å²) in [5.41, 5.74) is -0.676. The number of thioether (sulfide) groups is 1. The minimum atomic E-state index is -0.882. The minimum Gasteiger partial charge on any atom is -0.444 e. The van der Waals surface area contributed by atoms with Gasteiger partial charge in [-0.05, 0) is 45.3 Å². The molecule has 0 saturated heterocycles. The van der Waals surface area contributed by atoms with Crippen molar-refractivity contribution in [3.8, 4) is 5.75 Å². The Balaban J connectivity index is 2.86. The second-order valence-electron chi connectivity index (χ2n) is 6.10. The summed E-state index contributed by atoms with van der Waals surface area (Å²) in [6.07, 6.45) is 1.57. The second-order valence-corrected chi connectivity index (χ2v) is 8.31. The van der Waals surface area contributed by atoms with Gasteiger partial charge in [-0.1, -0.05) is 34.8 Å².